The van der Waals surface area contributed by atoms with E-state index in [-0.39, 0.29) is 5.41 Å². The number of aryl methyl sites for hydroxylation is 1. The van der Waals surface area contributed by atoms with Crippen molar-refractivity contribution in [3.63, 3.8) is 0 Å². The molecule has 0 aromatic carbocycles. The van der Waals surface area contributed by atoms with Crippen LogP contribution in [0.3, 0.4) is 0 Å². The van der Waals surface area contributed by atoms with E-state index in [9.17, 15) is 0 Å². The Morgan fingerprint density at radius 1 is 1.57 bits per heavy atom. The summed E-state index contributed by atoms with van der Waals surface area (Å²) in [4.78, 5) is 8.95. The maximum atomic E-state index is 6.08. The maximum Gasteiger partial charge on any atom is 0.133 e. The standard InChI is InChI=1S/C10H13ClN2O/c1-7-2-3-8(9(11)13-7)10(4-5-10)6-14-12/h2-3H,4-6,12H2,1H3. The van der Waals surface area contributed by atoms with Crippen LogP contribution in [-0.4, -0.2) is 11.6 Å². The predicted molar refractivity (Wildman–Crippen MR) is 55.0 cm³/mol. The largest absolute Gasteiger partial charge is 0.304 e. The second-order valence-electron chi connectivity index (χ2n) is 3.88. The average molecular weight is 213 g/mol. The van der Waals surface area contributed by atoms with E-state index >= 15 is 0 Å². The first-order valence-corrected chi connectivity index (χ1v) is 5.01. The second-order valence-corrected chi connectivity index (χ2v) is 4.24. The quantitative estimate of drug-likeness (QED) is 0.616. The molecular formula is C10H13ClN2O. The van der Waals surface area contributed by atoms with Crippen molar-refractivity contribution in [3.8, 4) is 0 Å². The van der Waals surface area contributed by atoms with Gasteiger partial charge in [0.25, 0.3) is 0 Å². The van der Waals surface area contributed by atoms with Gasteiger partial charge in [0, 0.05) is 11.1 Å². The first-order chi connectivity index (χ1) is 6.68. The molecule has 0 saturated heterocycles. The van der Waals surface area contributed by atoms with E-state index in [2.05, 4.69) is 4.98 Å². The predicted octanol–water partition coefficient (Wildman–Crippen LogP) is 1.97. The highest BCUT2D eigenvalue weighted by Gasteiger charge is 2.46. The van der Waals surface area contributed by atoms with Gasteiger partial charge >= 0.3 is 0 Å². The van der Waals surface area contributed by atoms with Gasteiger partial charge in [0.1, 0.15) is 5.15 Å². The number of rotatable bonds is 3. The van der Waals surface area contributed by atoms with Crippen molar-refractivity contribution in [1.29, 1.82) is 0 Å². The second kappa shape index (κ2) is 3.50. The van der Waals surface area contributed by atoms with Crippen molar-refractivity contribution < 1.29 is 4.84 Å². The summed E-state index contributed by atoms with van der Waals surface area (Å²) < 4.78 is 0. The first-order valence-electron chi connectivity index (χ1n) is 4.63. The lowest BCUT2D eigenvalue weighted by molar-refractivity contribution is 0.116. The highest BCUT2D eigenvalue weighted by atomic mass is 35.5. The number of pyridine rings is 1. The molecule has 0 amide bonds. The molecule has 0 radical (unpaired) electrons. The van der Waals surface area contributed by atoms with Crippen LogP contribution in [0.15, 0.2) is 12.1 Å². The smallest absolute Gasteiger partial charge is 0.133 e. The van der Waals surface area contributed by atoms with Gasteiger partial charge < -0.3 is 4.84 Å². The van der Waals surface area contributed by atoms with Crippen LogP contribution >= 0.6 is 11.6 Å². The molecule has 1 aliphatic carbocycles. The third-order valence-electron chi connectivity index (χ3n) is 2.77. The third kappa shape index (κ3) is 1.63. The molecular weight excluding hydrogens is 200 g/mol. The summed E-state index contributed by atoms with van der Waals surface area (Å²) in [5.74, 6) is 5.11. The van der Waals surface area contributed by atoms with Gasteiger partial charge in [0.05, 0.1) is 6.61 Å². The fourth-order valence-electron chi connectivity index (χ4n) is 1.72. The summed E-state index contributed by atoms with van der Waals surface area (Å²) in [6.07, 6.45) is 2.16. The molecule has 0 atom stereocenters. The molecule has 2 rings (SSSR count). The zero-order valence-corrected chi connectivity index (χ0v) is 8.84. The summed E-state index contributed by atoms with van der Waals surface area (Å²) in [5, 5.41) is 0.583. The molecule has 4 heteroatoms. The average Bonchev–Trinajstić information content (AvgIpc) is 2.86. The third-order valence-corrected chi connectivity index (χ3v) is 3.06. The van der Waals surface area contributed by atoms with Crippen molar-refractivity contribution in [1.82, 2.24) is 4.98 Å². The van der Waals surface area contributed by atoms with Crippen LogP contribution < -0.4 is 5.90 Å². The summed E-state index contributed by atoms with van der Waals surface area (Å²) in [5.41, 5.74) is 2.03. The topological polar surface area (TPSA) is 48.1 Å². The van der Waals surface area contributed by atoms with Crippen LogP contribution in [-0.2, 0) is 10.3 Å². The van der Waals surface area contributed by atoms with Gasteiger partial charge in [0.2, 0.25) is 0 Å². The van der Waals surface area contributed by atoms with E-state index in [1.165, 1.54) is 0 Å². The number of aromatic nitrogens is 1. The van der Waals surface area contributed by atoms with Gasteiger partial charge in [-0.15, -0.1) is 0 Å². The molecule has 0 unspecified atom stereocenters. The summed E-state index contributed by atoms with van der Waals surface area (Å²) in [6, 6.07) is 3.99. The van der Waals surface area contributed by atoms with Gasteiger partial charge in [0.15, 0.2) is 0 Å². The van der Waals surface area contributed by atoms with E-state index < -0.39 is 0 Å². The SMILES string of the molecule is Cc1ccc(C2(CON)CC2)c(Cl)n1. The molecule has 1 aromatic rings. The van der Waals surface area contributed by atoms with Crippen LogP contribution in [0.1, 0.15) is 24.1 Å². The van der Waals surface area contributed by atoms with Gasteiger partial charge in [-0.3, -0.25) is 0 Å². The molecule has 1 saturated carbocycles. The fourth-order valence-corrected chi connectivity index (χ4v) is 2.12. The molecule has 1 aliphatic rings. The van der Waals surface area contributed by atoms with Crippen LogP contribution in [0, 0.1) is 6.92 Å². The van der Waals surface area contributed by atoms with Crippen molar-refractivity contribution in [2.75, 3.05) is 6.61 Å². The summed E-state index contributed by atoms with van der Waals surface area (Å²) in [7, 11) is 0. The zero-order valence-electron chi connectivity index (χ0n) is 8.09. The molecule has 3 nitrogen and oxygen atoms in total. The molecule has 1 aromatic heterocycles. The Morgan fingerprint density at radius 3 is 2.79 bits per heavy atom. The van der Waals surface area contributed by atoms with Crippen molar-refractivity contribution >= 4 is 11.6 Å². The lowest BCUT2D eigenvalue weighted by Gasteiger charge is -2.15. The summed E-state index contributed by atoms with van der Waals surface area (Å²) >= 11 is 6.08. The molecule has 1 heterocycles. The Morgan fingerprint density at radius 2 is 2.29 bits per heavy atom. The minimum Gasteiger partial charge on any atom is -0.304 e. The highest BCUT2D eigenvalue weighted by molar-refractivity contribution is 6.30. The molecule has 76 valence electrons. The minimum atomic E-state index is 0.0343. The molecule has 14 heavy (non-hydrogen) atoms. The molecule has 0 spiro atoms. The lowest BCUT2D eigenvalue weighted by atomic mass is 9.99. The zero-order chi connectivity index (χ0) is 10.2. The van der Waals surface area contributed by atoms with Gasteiger partial charge in [-0.05, 0) is 31.4 Å². The van der Waals surface area contributed by atoms with E-state index in [1.807, 2.05) is 19.1 Å². The number of nitrogens with two attached hydrogens (primary N) is 1. The van der Waals surface area contributed by atoms with Crippen molar-refractivity contribution in [2.24, 2.45) is 5.90 Å². The van der Waals surface area contributed by atoms with Crippen molar-refractivity contribution in [2.45, 2.75) is 25.2 Å². The maximum absolute atomic E-state index is 6.08. The minimum absolute atomic E-state index is 0.0343. The molecule has 0 aliphatic heterocycles. The van der Waals surface area contributed by atoms with E-state index in [0.29, 0.717) is 11.8 Å². The van der Waals surface area contributed by atoms with Gasteiger partial charge in [-0.2, -0.15) is 0 Å². The Balaban J connectivity index is 2.32. The van der Waals surface area contributed by atoms with Gasteiger partial charge in [-0.25, -0.2) is 10.9 Å². The fraction of sp³-hybridized carbons (Fsp3) is 0.500. The number of halogens is 1. The van der Waals surface area contributed by atoms with Gasteiger partial charge in [-0.1, -0.05) is 17.7 Å². The molecule has 1 fully saturated rings. The highest BCUT2D eigenvalue weighted by Crippen LogP contribution is 2.49. The Labute approximate surface area is 88.2 Å². The Bertz CT molecular complexity index is 350. The Kier molecular flexibility index (Phi) is 2.47. The normalized spacial score (nSPS) is 18.2. The van der Waals surface area contributed by atoms with Crippen LogP contribution in [0.2, 0.25) is 5.15 Å². The lowest BCUT2D eigenvalue weighted by Crippen LogP contribution is -2.19. The number of hydrogen-bond acceptors (Lipinski definition) is 3. The van der Waals surface area contributed by atoms with E-state index in [4.69, 9.17) is 22.3 Å². The number of hydrogen-bond donors (Lipinski definition) is 1. The van der Waals surface area contributed by atoms with Crippen LogP contribution in [0.4, 0.5) is 0 Å². The van der Waals surface area contributed by atoms with E-state index in [0.717, 1.165) is 24.1 Å². The number of nitrogens with zero attached hydrogens (tertiary/aromatic N) is 1. The van der Waals surface area contributed by atoms with E-state index in [1.54, 1.807) is 0 Å². The molecule has 0 bridgehead atoms. The summed E-state index contributed by atoms with van der Waals surface area (Å²) in [6.45, 7) is 2.45. The van der Waals surface area contributed by atoms with Crippen LogP contribution in [0.5, 0.6) is 0 Å². The monoisotopic (exact) mass is 212 g/mol. The molecule has 2 N–H and O–H groups in total. The van der Waals surface area contributed by atoms with Crippen LogP contribution in [0.25, 0.3) is 0 Å². The Hall–Kier alpha value is -0.640. The van der Waals surface area contributed by atoms with Crippen molar-refractivity contribution in [3.05, 3.63) is 28.5 Å². The first kappa shape index (κ1) is 9.90.